The first kappa shape index (κ1) is 18.9. The van der Waals surface area contributed by atoms with Gasteiger partial charge >= 0.3 is 17.6 Å². The Morgan fingerprint density at radius 1 is 1.19 bits per heavy atom. The zero-order chi connectivity index (χ0) is 19.3. The monoisotopic (exact) mass is 358 g/mol. The molecule has 0 aliphatic heterocycles. The van der Waals surface area contributed by atoms with Crippen molar-refractivity contribution >= 4 is 11.9 Å². The fourth-order valence-electron chi connectivity index (χ4n) is 2.13. The van der Waals surface area contributed by atoms with E-state index in [1.54, 1.807) is 6.92 Å². The van der Waals surface area contributed by atoms with E-state index < -0.39 is 17.6 Å². The Balaban J connectivity index is 2.21. The number of carbonyl (C=O) groups excluding carboxylic acids is 2. The predicted molar refractivity (Wildman–Crippen MR) is 92.8 cm³/mol. The number of aromatic hydroxyl groups is 1. The van der Waals surface area contributed by atoms with E-state index in [0.717, 1.165) is 0 Å². The molecule has 136 valence electrons. The molecule has 0 spiro atoms. The van der Waals surface area contributed by atoms with Gasteiger partial charge in [0.05, 0.1) is 5.69 Å². The van der Waals surface area contributed by atoms with Crippen LogP contribution in [0.15, 0.2) is 41.2 Å². The Labute approximate surface area is 149 Å². The van der Waals surface area contributed by atoms with Gasteiger partial charge in [-0.3, -0.25) is 0 Å². The van der Waals surface area contributed by atoms with Gasteiger partial charge in [0.25, 0.3) is 0 Å². The number of carbonyl (C=O) groups is 2. The third kappa shape index (κ3) is 4.56. The van der Waals surface area contributed by atoms with Gasteiger partial charge in [-0.2, -0.15) is 4.98 Å². The van der Waals surface area contributed by atoms with Crippen molar-refractivity contribution in [3.05, 3.63) is 58.2 Å². The maximum absolute atomic E-state index is 12.4. The molecule has 0 unspecified atom stereocenters. The van der Waals surface area contributed by atoms with Crippen molar-refractivity contribution in [3.63, 3.8) is 0 Å². The summed E-state index contributed by atoms with van der Waals surface area (Å²) in [6, 6.07) is 5.89. The first-order chi connectivity index (χ1) is 12.3. The number of hydrogen-bond donors (Lipinski definition) is 2. The van der Waals surface area contributed by atoms with Crippen molar-refractivity contribution in [1.29, 1.82) is 0 Å². The van der Waals surface area contributed by atoms with Crippen LogP contribution in [0.1, 0.15) is 23.0 Å². The highest BCUT2D eigenvalue weighted by atomic mass is 16.6. The summed E-state index contributed by atoms with van der Waals surface area (Å²) >= 11 is 0. The first-order valence-corrected chi connectivity index (χ1v) is 7.69. The summed E-state index contributed by atoms with van der Waals surface area (Å²) in [6.07, 6.45) is 0. The third-order valence-corrected chi connectivity index (χ3v) is 3.36. The highest BCUT2D eigenvalue weighted by molar-refractivity contribution is 5.97. The summed E-state index contributed by atoms with van der Waals surface area (Å²) in [5, 5.41) is 9.39. The topological polar surface area (TPSA) is 119 Å². The molecule has 8 nitrogen and oxygen atoms in total. The highest BCUT2D eigenvalue weighted by Crippen LogP contribution is 2.24. The van der Waals surface area contributed by atoms with E-state index in [-0.39, 0.29) is 41.5 Å². The van der Waals surface area contributed by atoms with Crippen LogP contribution in [0.5, 0.6) is 5.75 Å². The molecule has 0 fully saturated rings. The Bertz CT molecular complexity index is 899. The minimum atomic E-state index is -0.722. The van der Waals surface area contributed by atoms with Gasteiger partial charge in [0, 0.05) is 16.8 Å². The number of hydrogen-bond acceptors (Lipinski definition) is 7. The second kappa shape index (κ2) is 8.11. The van der Waals surface area contributed by atoms with Crippen LogP contribution in [0.3, 0.4) is 0 Å². The normalized spacial score (nSPS) is 10.2. The molecule has 2 N–H and O–H groups in total. The maximum atomic E-state index is 12.4. The molecular formula is C18H18N2O6. The zero-order valence-electron chi connectivity index (χ0n) is 14.4. The van der Waals surface area contributed by atoms with E-state index in [1.807, 2.05) is 0 Å². The number of nitrogens with one attached hydrogen (secondary N) is 1. The number of phenols is 1. The molecule has 1 heterocycles. The van der Waals surface area contributed by atoms with Gasteiger partial charge in [-0.05, 0) is 38.1 Å². The molecule has 0 aliphatic carbocycles. The molecule has 0 saturated carbocycles. The van der Waals surface area contributed by atoms with Gasteiger partial charge in [-0.15, -0.1) is 0 Å². The fourth-order valence-corrected chi connectivity index (χ4v) is 2.13. The minimum absolute atomic E-state index is 0.0405. The number of ether oxygens (including phenoxy) is 2. The molecule has 26 heavy (non-hydrogen) atoms. The number of aromatic nitrogens is 2. The number of rotatable bonds is 6. The van der Waals surface area contributed by atoms with Gasteiger partial charge in [0.15, 0.2) is 0 Å². The lowest BCUT2D eigenvalue weighted by atomic mass is 10.0. The molecule has 0 saturated heterocycles. The molecule has 0 aliphatic rings. The lowest BCUT2D eigenvalue weighted by molar-refractivity contribution is -0.140. The van der Waals surface area contributed by atoms with Crippen LogP contribution in [0.4, 0.5) is 0 Å². The lowest BCUT2D eigenvalue weighted by Crippen LogP contribution is -2.21. The lowest BCUT2D eigenvalue weighted by Gasteiger charge is -2.11. The van der Waals surface area contributed by atoms with E-state index in [4.69, 9.17) is 9.47 Å². The summed E-state index contributed by atoms with van der Waals surface area (Å²) in [5.41, 5.74) is 0.607. The van der Waals surface area contributed by atoms with Crippen LogP contribution < -0.4 is 5.69 Å². The number of nitrogens with zero attached hydrogens (tertiary/aromatic N) is 1. The van der Waals surface area contributed by atoms with Crippen LogP contribution in [0.2, 0.25) is 0 Å². The molecule has 1 aromatic heterocycles. The summed E-state index contributed by atoms with van der Waals surface area (Å²) in [7, 11) is 0. The number of aryl methyl sites for hydroxylation is 1. The van der Waals surface area contributed by atoms with Crippen LogP contribution in [-0.4, -0.2) is 40.2 Å². The number of benzene rings is 1. The number of phenolic OH excluding ortho intramolecular Hbond substituents is 1. The quantitative estimate of drug-likeness (QED) is 0.458. The minimum Gasteiger partial charge on any atom is -0.508 e. The molecular weight excluding hydrogens is 340 g/mol. The van der Waals surface area contributed by atoms with E-state index in [9.17, 15) is 19.5 Å². The van der Waals surface area contributed by atoms with E-state index >= 15 is 0 Å². The van der Waals surface area contributed by atoms with Crippen LogP contribution in [0.25, 0.3) is 11.3 Å². The van der Waals surface area contributed by atoms with E-state index in [0.29, 0.717) is 5.56 Å². The number of aromatic amines is 1. The van der Waals surface area contributed by atoms with Crippen molar-refractivity contribution < 1.29 is 24.2 Å². The molecule has 2 aromatic rings. The van der Waals surface area contributed by atoms with Crippen molar-refractivity contribution in [2.45, 2.75) is 13.8 Å². The maximum Gasteiger partial charge on any atom is 0.345 e. The Hall–Kier alpha value is -3.42. The van der Waals surface area contributed by atoms with Gasteiger partial charge in [-0.25, -0.2) is 14.4 Å². The number of esters is 2. The van der Waals surface area contributed by atoms with Crippen molar-refractivity contribution in [3.8, 4) is 17.0 Å². The Morgan fingerprint density at radius 3 is 2.42 bits per heavy atom. The first-order valence-electron chi connectivity index (χ1n) is 7.69. The van der Waals surface area contributed by atoms with E-state index in [2.05, 4.69) is 16.5 Å². The summed E-state index contributed by atoms with van der Waals surface area (Å²) in [6.45, 7) is 6.21. The second-order valence-electron chi connectivity index (χ2n) is 5.49. The predicted octanol–water partition coefficient (Wildman–Crippen LogP) is 1.73. The van der Waals surface area contributed by atoms with Crippen LogP contribution in [0, 0.1) is 6.92 Å². The largest absolute Gasteiger partial charge is 0.508 e. The average molecular weight is 358 g/mol. The van der Waals surface area contributed by atoms with Gasteiger partial charge < -0.3 is 19.6 Å². The zero-order valence-corrected chi connectivity index (χ0v) is 14.4. The van der Waals surface area contributed by atoms with Crippen molar-refractivity contribution in [1.82, 2.24) is 9.97 Å². The SMILES string of the molecule is C=C(C)C(=O)OCCOC(=O)c1c(-c2ccc(O)cc2)nc(=O)[nH]c1C. The summed E-state index contributed by atoms with van der Waals surface area (Å²) in [5.74, 6) is -1.26. The average Bonchev–Trinajstić information content (AvgIpc) is 2.58. The number of H-pyrrole nitrogens is 1. The van der Waals surface area contributed by atoms with Crippen LogP contribution >= 0.6 is 0 Å². The standard InChI is InChI=1S/C18H18N2O6/c1-10(2)16(22)25-8-9-26-17(23)14-11(3)19-18(24)20-15(14)12-4-6-13(21)7-5-12/h4-7,21H,1,8-9H2,2-3H3,(H,19,20,24). The molecule has 1 aromatic carbocycles. The third-order valence-electron chi connectivity index (χ3n) is 3.36. The van der Waals surface area contributed by atoms with Gasteiger partial charge in [-0.1, -0.05) is 6.58 Å². The molecule has 0 radical (unpaired) electrons. The van der Waals surface area contributed by atoms with Crippen LogP contribution in [-0.2, 0) is 14.3 Å². The summed E-state index contributed by atoms with van der Waals surface area (Å²) < 4.78 is 9.96. The fraction of sp³-hybridized carbons (Fsp3) is 0.222. The Morgan fingerprint density at radius 2 is 1.81 bits per heavy atom. The highest BCUT2D eigenvalue weighted by Gasteiger charge is 2.20. The molecule has 0 amide bonds. The molecule has 8 heteroatoms. The molecule has 0 atom stereocenters. The van der Waals surface area contributed by atoms with Gasteiger partial charge in [0.1, 0.15) is 24.5 Å². The summed E-state index contributed by atoms with van der Waals surface area (Å²) in [4.78, 5) is 41.7. The van der Waals surface area contributed by atoms with Gasteiger partial charge in [0.2, 0.25) is 0 Å². The molecule has 2 rings (SSSR count). The Kier molecular flexibility index (Phi) is 5.90. The molecule has 0 bridgehead atoms. The van der Waals surface area contributed by atoms with E-state index in [1.165, 1.54) is 31.2 Å². The second-order valence-corrected chi connectivity index (χ2v) is 5.49. The van der Waals surface area contributed by atoms with Crippen molar-refractivity contribution in [2.24, 2.45) is 0 Å². The smallest absolute Gasteiger partial charge is 0.345 e. The van der Waals surface area contributed by atoms with Crippen molar-refractivity contribution in [2.75, 3.05) is 13.2 Å².